The van der Waals surface area contributed by atoms with Crippen molar-refractivity contribution in [3.05, 3.63) is 0 Å². The van der Waals surface area contributed by atoms with Crippen molar-refractivity contribution in [3.8, 4) is 0 Å². The van der Waals surface area contributed by atoms with Crippen LogP contribution in [-0.2, 0) is 4.74 Å². The van der Waals surface area contributed by atoms with Crippen LogP contribution < -0.4 is 5.32 Å². The fourth-order valence-electron chi connectivity index (χ4n) is 1.81. The van der Waals surface area contributed by atoms with Gasteiger partial charge in [0, 0.05) is 17.9 Å². The van der Waals surface area contributed by atoms with E-state index >= 15 is 0 Å². The molecule has 3 unspecified atom stereocenters. The smallest absolute Gasteiger partial charge is 0.157 e. The molecule has 0 radical (unpaired) electrons. The van der Waals surface area contributed by atoms with Gasteiger partial charge in [-0.2, -0.15) is 0 Å². The van der Waals surface area contributed by atoms with E-state index in [9.17, 15) is 0 Å². The van der Waals surface area contributed by atoms with Crippen LogP contribution in [0.3, 0.4) is 0 Å². The van der Waals surface area contributed by atoms with Crippen LogP contribution in [0.1, 0.15) is 20.3 Å². The van der Waals surface area contributed by atoms with Gasteiger partial charge in [0.1, 0.15) is 0 Å². The predicted molar refractivity (Wildman–Crippen MR) is 60.9 cm³/mol. The summed E-state index contributed by atoms with van der Waals surface area (Å²) in [5.41, 5.74) is 0. The molecular weight excluding hydrogens is 196 g/mol. The first-order valence-corrected chi connectivity index (χ1v) is 6.19. The summed E-state index contributed by atoms with van der Waals surface area (Å²) in [6.07, 6.45) is 1.11. The molecule has 0 saturated carbocycles. The molecule has 2 rings (SSSR count). The van der Waals surface area contributed by atoms with E-state index in [-0.39, 0.29) is 0 Å². The highest BCUT2D eigenvalue weighted by Crippen LogP contribution is 2.21. The molecule has 0 spiro atoms. The van der Waals surface area contributed by atoms with E-state index in [2.05, 4.69) is 24.2 Å². The maximum atomic E-state index is 5.41. The van der Waals surface area contributed by atoms with Crippen molar-refractivity contribution in [2.45, 2.75) is 31.6 Å². The van der Waals surface area contributed by atoms with Crippen molar-refractivity contribution >= 4 is 16.9 Å². The van der Waals surface area contributed by atoms with Crippen molar-refractivity contribution in [1.82, 2.24) is 5.32 Å². The number of amidine groups is 1. The molecule has 0 aromatic rings. The Balaban J connectivity index is 1.84. The zero-order chi connectivity index (χ0) is 9.97. The van der Waals surface area contributed by atoms with Gasteiger partial charge in [-0.25, -0.2) is 0 Å². The first-order valence-electron chi connectivity index (χ1n) is 5.31. The minimum absolute atomic E-state index is 0.556. The molecule has 4 heteroatoms. The molecule has 2 heterocycles. The van der Waals surface area contributed by atoms with E-state index in [1.807, 2.05) is 11.8 Å². The molecule has 80 valence electrons. The van der Waals surface area contributed by atoms with Crippen molar-refractivity contribution in [2.24, 2.45) is 10.9 Å². The molecule has 0 amide bonds. The fraction of sp³-hybridized carbons (Fsp3) is 0.900. The first kappa shape index (κ1) is 10.3. The van der Waals surface area contributed by atoms with Gasteiger partial charge >= 0.3 is 0 Å². The van der Waals surface area contributed by atoms with Gasteiger partial charge in [-0.15, -0.1) is 0 Å². The number of hydrogen-bond acceptors (Lipinski definition) is 4. The van der Waals surface area contributed by atoms with Gasteiger partial charge in [0.25, 0.3) is 0 Å². The monoisotopic (exact) mass is 214 g/mol. The lowest BCUT2D eigenvalue weighted by atomic mass is 9.98. The highest BCUT2D eigenvalue weighted by Gasteiger charge is 2.24. The van der Waals surface area contributed by atoms with Gasteiger partial charge in [0.15, 0.2) is 5.17 Å². The van der Waals surface area contributed by atoms with Crippen molar-refractivity contribution < 1.29 is 4.74 Å². The molecule has 14 heavy (non-hydrogen) atoms. The number of thioether (sulfide) groups is 1. The van der Waals surface area contributed by atoms with E-state index in [1.54, 1.807) is 0 Å². The molecule has 3 atom stereocenters. The van der Waals surface area contributed by atoms with Crippen LogP contribution in [0.2, 0.25) is 0 Å². The Morgan fingerprint density at radius 2 is 2.36 bits per heavy atom. The first-order chi connectivity index (χ1) is 6.75. The zero-order valence-corrected chi connectivity index (χ0v) is 9.64. The molecular formula is C10H18N2OS. The molecule has 1 N–H and O–H groups in total. The number of hydrogen-bond donors (Lipinski definition) is 1. The second-order valence-electron chi connectivity index (χ2n) is 4.17. The largest absolute Gasteiger partial charge is 0.381 e. The number of aliphatic imine (C=N–C) groups is 1. The predicted octanol–water partition coefficient (Wildman–Crippen LogP) is 1.49. The summed E-state index contributed by atoms with van der Waals surface area (Å²) in [6.45, 7) is 7.18. The SMILES string of the molecule is CC1CN=C(NC2CCOCC2C)S1. The van der Waals surface area contributed by atoms with Crippen molar-refractivity contribution in [2.75, 3.05) is 19.8 Å². The zero-order valence-electron chi connectivity index (χ0n) is 8.82. The van der Waals surface area contributed by atoms with E-state index < -0.39 is 0 Å². The lowest BCUT2D eigenvalue weighted by Crippen LogP contribution is -2.43. The Kier molecular flexibility index (Phi) is 3.34. The third-order valence-electron chi connectivity index (χ3n) is 2.75. The van der Waals surface area contributed by atoms with Crippen LogP contribution in [-0.4, -0.2) is 36.2 Å². The van der Waals surface area contributed by atoms with E-state index in [4.69, 9.17) is 4.74 Å². The molecule has 0 aromatic heterocycles. The van der Waals surface area contributed by atoms with Gasteiger partial charge in [0.05, 0.1) is 13.2 Å². The minimum atomic E-state index is 0.556. The van der Waals surface area contributed by atoms with E-state index in [0.29, 0.717) is 17.2 Å². The molecule has 2 aliphatic rings. The Bertz CT molecular complexity index is 232. The van der Waals surface area contributed by atoms with Gasteiger partial charge < -0.3 is 10.1 Å². The Hall–Kier alpha value is -0.220. The lowest BCUT2D eigenvalue weighted by molar-refractivity contribution is 0.0443. The number of rotatable bonds is 1. The molecule has 0 aliphatic carbocycles. The third kappa shape index (κ3) is 2.42. The molecule has 1 saturated heterocycles. The molecule has 0 bridgehead atoms. The summed E-state index contributed by atoms with van der Waals surface area (Å²) in [7, 11) is 0. The average molecular weight is 214 g/mol. The Morgan fingerprint density at radius 1 is 1.50 bits per heavy atom. The van der Waals surface area contributed by atoms with E-state index in [0.717, 1.165) is 31.3 Å². The van der Waals surface area contributed by atoms with Crippen molar-refractivity contribution in [1.29, 1.82) is 0 Å². The summed E-state index contributed by atoms with van der Waals surface area (Å²) in [5, 5.41) is 5.31. The minimum Gasteiger partial charge on any atom is -0.381 e. The number of nitrogens with one attached hydrogen (secondary N) is 1. The highest BCUT2D eigenvalue weighted by molar-refractivity contribution is 8.14. The summed E-state index contributed by atoms with van der Waals surface area (Å²) < 4.78 is 5.41. The van der Waals surface area contributed by atoms with Crippen LogP contribution in [0.5, 0.6) is 0 Å². The quantitative estimate of drug-likeness (QED) is 0.718. The molecule has 1 fully saturated rings. The highest BCUT2D eigenvalue weighted by atomic mass is 32.2. The van der Waals surface area contributed by atoms with Crippen LogP contribution in [0, 0.1) is 5.92 Å². The van der Waals surface area contributed by atoms with Crippen LogP contribution in [0.15, 0.2) is 4.99 Å². The second kappa shape index (κ2) is 4.53. The Morgan fingerprint density at radius 3 is 3.00 bits per heavy atom. The lowest BCUT2D eigenvalue weighted by Gasteiger charge is -2.30. The van der Waals surface area contributed by atoms with Gasteiger partial charge in [-0.05, 0) is 12.3 Å². The second-order valence-corrected chi connectivity index (χ2v) is 5.59. The van der Waals surface area contributed by atoms with Crippen LogP contribution in [0.4, 0.5) is 0 Å². The third-order valence-corrected chi connectivity index (χ3v) is 3.78. The Labute approximate surface area is 89.7 Å². The summed E-state index contributed by atoms with van der Waals surface area (Å²) >= 11 is 1.86. The van der Waals surface area contributed by atoms with Gasteiger partial charge in [-0.1, -0.05) is 25.6 Å². The molecule has 3 nitrogen and oxygen atoms in total. The van der Waals surface area contributed by atoms with Crippen LogP contribution in [0.25, 0.3) is 0 Å². The standard InChI is InChI=1S/C10H18N2OS/c1-7-6-13-4-3-9(7)12-10-11-5-8(2)14-10/h7-9H,3-6H2,1-2H3,(H,11,12). The number of nitrogens with zero attached hydrogens (tertiary/aromatic N) is 1. The van der Waals surface area contributed by atoms with Crippen LogP contribution >= 0.6 is 11.8 Å². The molecule has 0 aromatic carbocycles. The molecule has 2 aliphatic heterocycles. The maximum absolute atomic E-state index is 5.41. The number of ether oxygens (including phenoxy) is 1. The topological polar surface area (TPSA) is 33.6 Å². The average Bonchev–Trinajstić information content (AvgIpc) is 2.56. The van der Waals surface area contributed by atoms with Gasteiger partial charge in [-0.3, -0.25) is 4.99 Å². The summed E-state index contributed by atoms with van der Waals surface area (Å²) in [4.78, 5) is 4.47. The maximum Gasteiger partial charge on any atom is 0.157 e. The van der Waals surface area contributed by atoms with Gasteiger partial charge in [0.2, 0.25) is 0 Å². The summed E-state index contributed by atoms with van der Waals surface area (Å²) in [5.74, 6) is 0.600. The normalized spacial score (nSPS) is 38.1. The van der Waals surface area contributed by atoms with E-state index in [1.165, 1.54) is 0 Å². The summed E-state index contributed by atoms with van der Waals surface area (Å²) in [6, 6.07) is 0.556. The van der Waals surface area contributed by atoms with Crippen molar-refractivity contribution in [3.63, 3.8) is 0 Å². The fourth-order valence-corrected chi connectivity index (χ4v) is 2.71.